The van der Waals surface area contributed by atoms with E-state index in [4.69, 9.17) is 0 Å². The van der Waals surface area contributed by atoms with E-state index in [9.17, 15) is 0 Å². The summed E-state index contributed by atoms with van der Waals surface area (Å²) in [6.45, 7) is 7.99. The van der Waals surface area contributed by atoms with Crippen LogP contribution in [0.3, 0.4) is 0 Å². The number of benzene rings is 1. The van der Waals surface area contributed by atoms with E-state index in [2.05, 4.69) is 54.9 Å². The van der Waals surface area contributed by atoms with E-state index >= 15 is 0 Å². The lowest BCUT2D eigenvalue weighted by Crippen LogP contribution is -1.79. The van der Waals surface area contributed by atoms with Crippen LogP contribution >= 0.6 is 0 Å². The molecule has 0 amide bonds. The summed E-state index contributed by atoms with van der Waals surface area (Å²) in [6.07, 6.45) is 14.8. The lowest BCUT2D eigenvalue weighted by molar-refractivity contribution is 1.23. The van der Waals surface area contributed by atoms with Gasteiger partial charge in [0.05, 0.1) is 0 Å². The van der Waals surface area contributed by atoms with Gasteiger partial charge in [0, 0.05) is 12.4 Å². The first kappa shape index (κ1) is 14.9. The molecule has 0 saturated heterocycles. The lowest BCUT2D eigenvalue weighted by atomic mass is 10.1. The quantitative estimate of drug-likeness (QED) is 0.481. The van der Waals surface area contributed by atoms with E-state index in [0.717, 1.165) is 12.0 Å². The summed E-state index contributed by atoms with van der Waals surface area (Å²) in [5, 5.41) is 0. The maximum absolute atomic E-state index is 4.01. The summed E-state index contributed by atoms with van der Waals surface area (Å²) >= 11 is 0. The second kappa shape index (κ2) is 8.87. The summed E-state index contributed by atoms with van der Waals surface area (Å²) in [6, 6.07) is 8.32. The predicted molar refractivity (Wildman–Crippen MR) is 87.2 cm³/mol. The van der Waals surface area contributed by atoms with Gasteiger partial charge in [-0.2, -0.15) is 0 Å². The van der Waals surface area contributed by atoms with Crippen molar-refractivity contribution in [1.82, 2.24) is 0 Å². The van der Waals surface area contributed by atoms with Gasteiger partial charge < -0.3 is 0 Å². The zero-order chi connectivity index (χ0) is 13.9. The largest absolute Gasteiger partial charge is 0.269 e. The highest BCUT2D eigenvalue weighted by Crippen LogP contribution is 2.14. The molecule has 0 spiro atoms. The minimum absolute atomic E-state index is 0.930. The smallest absolute Gasteiger partial charge is 0.0269 e. The van der Waals surface area contributed by atoms with Crippen LogP contribution in [0.1, 0.15) is 31.4 Å². The molecule has 0 unspecified atom stereocenters. The Bertz CT molecular complexity index is 516. The van der Waals surface area contributed by atoms with Gasteiger partial charge in [-0.1, -0.05) is 62.1 Å². The third-order valence-corrected chi connectivity index (χ3v) is 2.53. The summed E-state index contributed by atoms with van der Waals surface area (Å²) < 4.78 is 0. The third-order valence-electron chi connectivity index (χ3n) is 2.53. The molecule has 1 aromatic carbocycles. The Morgan fingerprint density at radius 1 is 1.16 bits per heavy atom. The van der Waals surface area contributed by atoms with E-state index in [0.29, 0.717) is 0 Å². The Hall–Kier alpha value is -2.15. The molecule has 1 heteroatoms. The van der Waals surface area contributed by atoms with Crippen LogP contribution in [0.25, 0.3) is 12.2 Å². The number of allylic oxidation sites excluding steroid dienone is 4. The average molecular weight is 251 g/mol. The van der Waals surface area contributed by atoms with Crippen molar-refractivity contribution in [1.29, 1.82) is 0 Å². The molecular weight excluding hydrogens is 230 g/mol. The molecule has 1 nitrogen and oxygen atoms in total. The zero-order valence-electron chi connectivity index (χ0n) is 11.7. The second-order valence-electron chi connectivity index (χ2n) is 4.07. The molecule has 98 valence electrons. The van der Waals surface area contributed by atoms with Crippen LogP contribution in [0.15, 0.2) is 65.8 Å². The first-order valence-electron chi connectivity index (χ1n) is 6.54. The van der Waals surface area contributed by atoms with Gasteiger partial charge in [-0.25, -0.2) is 0 Å². The fraction of sp³-hybridized carbons (Fsp3) is 0.167. The van der Waals surface area contributed by atoms with Crippen molar-refractivity contribution in [2.75, 3.05) is 0 Å². The number of hydrogen-bond acceptors (Lipinski definition) is 1. The van der Waals surface area contributed by atoms with Gasteiger partial charge in [0.25, 0.3) is 0 Å². The van der Waals surface area contributed by atoms with Crippen molar-refractivity contribution < 1.29 is 0 Å². The third kappa shape index (κ3) is 5.82. The van der Waals surface area contributed by atoms with Crippen molar-refractivity contribution in [2.24, 2.45) is 4.99 Å². The fourth-order valence-corrected chi connectivity index (χ4v) is 1.54. The Morgan fingerprint density at radius 2 is 1.84 bits per heavy atom. The molecule has 0 aliphatic rings. The van der Waals surface area contributed by atoms with Crippen molar-refractivity contribution in [3.8, 4) is 0 Å². The van der Waals surface area contributed by atoms with Gasteiger partial charge in [-0.15, -0.1) is 0 Å². The van der Waals surface area contributed by atoms with Crippen LogP contribution in [0, 0.1) is 0 Å². The van der Waals surface area contributed by atoms with Crippen LogP contribution < -0.4 is 0 Å². The Kier molecular flexibility index (Phi) is 6.96. The molecule has 19 heavy (non-hydrogen) atoms. The average Bonchev–Trinajstić information content (AvgIpc) is 2.44. The molecule has 0 aromatic heterocycles. The predicted octanol–water partition coefficient (Wildman–Crippen LogP) is 5.28. The van der Waals surface area contributed by atoms with E-state index in [1.165, 1.54) is 11.1 Å². The van der Waals surface area contributed by atoms with Crippen molar-refractivity contribution in [3.05, 3.63) is 72.0 Å². The molecule has 0 aliphatic heterocycles. The monoisotopic (exact) mass is 251 g/mol. The number of nitrogens with zero attached hydrogens (tertiary/aromatic N) is 1. The SMILES string of the molecule is C=C(/C=C\N=C\C)/C=C/c1ccccc1/C=C\CC. The molecule has 0 atom stereocenters. The highest BCUT2D eigenvalue weighted by Gasteiger charge is 1.93. The standard InChI is InChI=1S/C18H21N/c1-4-6-9-17-10-7-8-11-18(17)13-12-16(3)14-15-19-5-2/h5-15H,3-4H2,1-2H3/b9-6-,13-12+,15-14-,19-5+. The molecule has 0 heterocycles. The summed E-state index contributed by atoms with van der Waals surface area (Å²) in [4.78, 5) is 4.01. The first-order valence-corrected chi connectivity index (χ1v) is 6.54. The molecule has 0 saturated carbocycles. The topological polar surface area (TPSA) is 12.4 Å². The molecule has 0 fully saturated rings. The molecule has 1 aromatic rings. The van der Waals surface area contributed by atoms with E-state index in [1.807, 2.05) is 25.1 Å². The van der Waals surface area contributed by atoms with Gasteiger partial charge >= 0.3 is 0 Å². The van der Waals surface area contributed by atoms with Crippen LogP contribution in [-0.2, 0) is 0 Å². The Labute approximate surface area is 116 Å². The van der Waals surface area contributed by atoms with E-state index in [-0.39, 0.29) is 0 Å². The van der Waals surface area contributed by atoms with Gasteiger partial charge in [0.2, 0.25) is 0 Å². The minimum Gasteiger partial charge on any atom is -0.269 e. The minimum atomic E-state index is 0.930. The van der Waals surface area contributed by atoms with Gasteiger partial charge in [-0.3, -0.25) is 4.99 Å². The van der Waals surface area contributed by atoms with Crippen LogP contribution in [-0.4, -0.2) is 6.21 Å². The van der Waals surface area contributed by atoms with Gasteiger partial charge in [0.1, 0.15) is 0 Å². The van der Waals surface area contributed by atoms with Crippen LogP contribution in [0.2, 0.25) is 0 Å². The second-order valence-corrected chi connectivity index (χ2v) is 4.07. The summed E-state index contributed by atoms with van der Waals surface area (Å²) in [5.74, 6) is 0. The van der Waals surface area contributed by atoms with Crippen molar-refractivity contribution >= 4 is 18.4 Å². The molecule has 1 rings (SSSR count). The van der Waals surface area contributed by atoms with Gasteiger partial charge in [-0.05, 0) is 36.1 Å². The zero-order valence-corrected chi connectivity index (χ0v) is 11.7. The highest BCUT2D eigenvalue weighted by molar-refractivity contribution is 5.66. The van der Waals surface area contributed by atoms with E-state index < -0.39 is 0 Å². The fourth-order valence-electron chi connectivity index (χ4n) is 1.54. The highest BCUT2D eigenvalue weighted by atomic mass is 14.6. The number of aliphatic imine (C=N–C) groups is 1. The van der Waals surface area contributed by atoms with Crippen molar-refractivity contribution in [2.45, 2.75) is 20.3 Å². The van der Waals surface area contributed by atoms with Crippen LogP contribution in [0.4, 0.5) is 0 Å². The maximum Gasteiger partial charge on any atom is 0.0269 e. The lowest BCUT2D eigenvalue weighted by Gasteiger charge is -2.00. The number of hydrogen-bond donors (Lipinski definition) is 0. The van der Waals surface area contributed by atoms with Crippen LogP contribution in [0.5, 0.6) is 0 Å². The Morgan fingerprint density at radius 3 is 2.47 bits per heavy atom. The molecule has 0 radical (unpaired) electrons. The van der Waals surface area contributed by atoms with Gasteiger partial charge in [0.15, 0.2) is 0 Å². The molecular formula is C18H21N. The molecule has 0 aliphatic carbocycles. The first-order chi connectivity index (χ1) is 9.27. The van der Waals surface area contributed by atoms with Crippen molar-refractivity contribution in [3.63, 3.8) is 0 Å². The molecule has 0 bridgehead atoms. The van der Waals surface area contributed by atoms with E-state index in [1.54, 1.807) is 12.4 Å². The maximum atomic E-state index is 4.01. The summed E-state index contributed by atoms with van der Waals surface area (Å²) in [5.41, 5.74) is 3.35. The molecule has 0 N–H and O–H groups in total. The Balaban J connectivity index is 2.81. The number of rotatable bonds is 6. The summed E-state index contributed by atoms with van der Waals surface area (Å²) in [7, 11) is 0. The normalized spacial score (nSPS) is 12.3.